The highest BCUT2D eigenvalue weighted by Gasteiger charge is 2.23. The standard InChI is InChI=1S/C11H14ClNO3/c1-6-10(12)7(8(14)4-13-2)3-9-11(6)16-5-15-9/h3,8,13-14H,4-5H2,1-2H3. The molecule has 0 bridgehead atoms. The monoisotopic (exact) mass is 243 g/mol. The summed E-state index contributed by atoms with van der Waals surface area (Å²) in [6.45, 7) is 2.50. The van der Waals surface area contributed by atoms with Gasteiger partial charge in [0.05, 0.1) is 11.1 Å². The molecule has 0 spiro atoms. The van der Waals surface area contributed by atoms with E-state index >= 15 is 0 Å². The number of hydrogen-bond acceptors (Lipinski definition) is 4. The summed E-state index contributed by atoms with van der Waals surface area (Å²) in [4.78, 5) is 0. The Labute approximate surface area is 99.1 Å². The Hall–Kier alpha value is -0.970. The first kappa shape index (κ1) is 11.5. The van der Waals surface area contributed by atoms with Crippen LogP contribution in [0.5, 0.6) is 11.5 Å². The van der Waals surface area contributed by atoms with Gasteiger partial charge in [-0.15, -0.1) is 0 Å². The van der Waals surface area contributed by atoms with Gasteiger partial charge >= 0.3 is 0 Å². The number of fused-ring (bicyclic) bond motifs is 1. The number of nitrogens with one attached hydrogen (secondary N) is 1. The first-order valence-electron chi connectivity index (χ1n) is 5.06. The zero-order valence-corrected chi connectivity index (χ0v) is 9.97. The third-order valence-corrected chi connectivity index (χ3v) is 3.11. The molecule has 5 heteroatoms. The van der Waals surface area contributed by atoms with Crippen LogP contribution in [0.2, 0.25) is 5.02 Å². The molecule has 0 aromatic heterocycles. The number of halogens is 1. The Morgan fingerprint density at radius 1 is 1.56 bits per heavy atom. The lowest BCUT2D eigenvalue weighted by atomic mass is 10.0. The topological polar surface area (TPSA) is 50.7 Å². The molecule has 1 aliphatic rings. The number of aliphatic hydroxyl groups is 1. The lowest BCUT2D eigenvalue weighted by Crippen LogP contribution is -2.17. The van der Waals surface area contributed by atoms with Crippen molar-refractivity contribution >= 4 is 11.6 Å². The molecular weight excluding hydrogens is 230 g/mol. The van der Waals surface area contributed by atoms with Gasteiger partial charge in [0.1, 0.15) is 0 Å². The van der Waals surface area contributed by atoms with E-state index in [1.54, 1.807) is 13.1 Å². The third-order valence-electron chi connectivity index (χ3n) is 2.61. The van der Waals surface area contributed by atoms with Crippen molar-refractivity contribution in [1.29, 1.82) is 0 Å². The van der Waals surface area contributed by atoms with Crippen molar-refractivity contribution in [2.45, 2.75) is 13.0 Å². The fraction of sp³-hybridized carbons (Fsp3) is 0.455. The first-order chi connectivity index (χ1) is 7.65. The Morgan fingerprint density at radius 2 is 2.31 bits per heavy atom. The second kappa shape index (κ2) is 4.49. The van der Waals surface area contributed by atoms with Crippen molar-refractivity contribution in [3.8, 4) is 11.5 Å². The van der Waals surface area contributed by atoms with Crippen molar-refractivity contribution in [2.75, 3.05) is 20.4 Å². The van der Waals surface area contributed by atoms with Crippen LogP contribution >= 0.6 is 11.6 Å². The van der Waals surface area contributed by atoms with Crippen LogP contribution in [0.1, 0.15) is 17.2 Å². The highest BCUT2D eigenvalue weighted by molar-refractivity contribution is 6.32. The molecule has 88 valence electrons. The second-order valence-corrected chi connectivity index (χ2v) is 4.09. The van der Waals surface area contributed by atoms with Gasteiger partial charge in [-0.25, -0.2) is 0 Å². The zero-order valence-electron chi connectivity index (χ0n) is 9.21. The Morgan fingerprint density at radius 3 is 3.00 bits per heavy atom. The molecule has 2 rings (SSSR count). The van der Waals surface area contributed by atoms with Crippen molar-refractivity contribution in [3.63, 3.8) is 0 Å². The number of ether oxygens (including phenoxy) is 2. The summed E-state index contributed by atoms with van der Waals surface area (Å²) in [7, 11) is 1.77. The highest BCUT2D eigenvalue weighted by atomic mass is 35.5. The Kier molecular flexibility index (Phi) is 3.23. The summed E-state index contributed by atoms with van der Waals surface area (Å²) >= 11 is 6.18. The third kappa shape index (κ3) is 1.84. The molecule has 0 saturated heterocycles. The van der Waals surface area contributed by atoms with E-state index in [0.717, 1.165) is 5.56 Å². The van der Waals surface area contributed by atoms with Crippen LogP contribution in [0, 0.1) is 6.92 Å². The van der Waals surface area contributed by atoms with Gasteiger partial charge in [-0.05, 0) is 20.0 Å². The number of benzene rings is 1. The maximum atomic E-state index is 9.91. The normalized spacial score (nSPS) is 15.2. The molecule has 0 fully saturated rings. The zero-order chi connectivity index (χ0) is 11.7. The van der Waals surface area contributed by atoms with Crippen LogP contribution in [0.3, 0.4) is 0 Å². The quantitative estimate of drug-likeness (QED) is 0.847. The average molecular weight is 244 g/mol. The molecule has 1 aromatic carbocycles. The van der Waals surface area contributed by atoms with Crippen LogP contribution in [0.15, 0.2) is 6.07 Å². The number of likely N-dealkylation sites (N-methyl/N-ethyl adjacent to an activating group) is 1. The molecule has 2 N–H and O–H groups in total. The van der Waals surface area contributed by atoms with Crippen molar-refractivity contribution < 1.29 is 14.6 Å². The number of rotatable bonds is 3. The van der Waals surface area contributed by atoms with E-state index in [2.05, 4.69) is 5.32 Å². The van der Waals surface area contributed by atoms with Crippen LogP contribution in [-0.2, 0) is 0 Å². The van der Waals surface area contributed by atoms with E-state index in [-0.39, 0.29) is 6.79 Å². The van der Waals surface area contributed by atoms with Gasteiger partial charge in [0.25, 0.3) is 0 Å². The maximum absolute atomic E-state index is 9.91. The average Bonchev–Trinajstić information content (AvgIpc) is 2.71. The maximum Gasteiger partial charge on any atom is 0.231 e. The summed E-state index contributed by atoms with van der Waals surface area (Å²) in [5, 5.41) is 13.3. The minimum Gasteiger partial charge on any atom is -0.454 e. The summed E-state index contributed by atoms with van der Waals surface area (Å²) in [5.74, 6) is 1.32. The molecule has 0 saturated carbocycles. The summed E-state index contributed by atoms with van der Waals surface area (Å²) in [5.41, 5.74) is 1.47. The van der Waals surface area contributed by atoms with Gasteiger partial charge in [-0.2, -0.15) is 0 Å². The van der Waals surface area contributed by atoms with Crippen LogP contribution in [0.25, 0.3) is 0 Å². The first-order valence-corrected chi connectivity index (χ1v) is 5.44. The van der Waals surface area contributed by atoms with Crippen LogP contribution in [0.4, 0.5) is 0 Å². The van der Waals surface area contributed by atoms with Gasteiger partial charge in [0.2, 0.25) is 6.79 Å². The summed E-state index contributed by atoms with van der Waals surface area (Å²) in [6.07, 6.45) is -0.648. The van der Waals surface area contributed by atoms with E-state index in [9.17, 15) is 5.11 Å². The molecule has 1 aliphatic heterocycles. The van der Waals surface area contributed by atoms with E-state index in [1.165, 1.54) is 0 Å². The SMILES string of the molecule is CNCC(O)c1cc2c(c(C)c1Cl)OCO2. The van der Waals surface area contributed by atoms with E-state index in [4.69, 9.17) is 21.1 Å². The Bertz CT molecular complexity index is 409. The van der Waals surface area contributed by atoms with Crippen molar-refractivity contribution in [3.05, 3.63) is 22.2 Å². The van der Waals surface area contributed by atoms with E-state index in [0.29, 0.717) is 28.6 Å². The fourth-order valence-corrected chi connectivity index (χ4v) is 2.02. The van der Waals surface area contributed by atoms with Crippen molar-refractivity contribution in [1.82, 2.24) is 5.32 Å². The molecule has 0 amide bonds. The lowest BCUT2D eigenvalue weighted by Gasteiger charge is -2.15. The smallest absolute Gasteiger partial charge is 0.231 e. The fourth-order valence-electron chi connectivity index (χ4n) is 1.76. The second-order valence-electron chi connectivity index (χ2n) is 3.71. The largest absolute Gasteiger partial charge is 0.454 e. The summed E-state index contributed by atoms with van der Waals surface area (Å²) in [6, 6.07) is 1.74. The molecule has 0 aliphatic carbocycles. The predicted octanol–water partition coefficient (Wildman–Crippen LogP) is 1.63. The highest BCUT2D eigenvalue weighted by Crippen LogP contribution is 2.42. The molecule has 16 heavy (non-hydrogen) atoms. The van der Waals surface area contributed by atoms with E-state index in [1.807, 2.05) is 6.92 Å². The van der Waals surface area contributed by atoms with Gasteiger partial charge in [-0.1, -0.05) is 11.6 Å². The minimum atomic E-state index is -0.648. The molecule has 1 heterocycles. The Balaban J connectivity index is 2.43. The molecule has 0 radical (unpaired) electrons. The molecule has 1 unspecified atom stereocenters. The van der Waals surface area contributed by atoms with Gasteiger partial charge in [0, 0.05) is 17.7 Å². The molecule has 1 atom stereocenters. The molecular formula is C11H14ClNO3. The number of hydrogen-bond donors (Lipinski definition) is 2. The number of aliphatic hydroxyl groups excluding tert-OH is 1. The van der Waals surface area contributed by atoms with Gasteiger partial charge in [0.15, 0.2) is 11.5 Å². The minimum absolute atomic E-state index is 0.206. The van der Waals surface area contributed by atoms with Gasteiger partial charge in [-0.3, -0.25) is 0 Å². The van der Waals surface area contributed by atoms with Crippen LogP contribution in [-0.4, -0.2) is 25.5 Å². The van der Waals surface area contributed by atoms with Crippen molar-refractivity contribution in [2.24, 2.45) is 0 Å². The predicted molar refractivity (Wildman–Crippen MR) is 61.2 cm³/mol. The molecule has 4 nitrogen and oxygen atoms in total. The molecule has 1 aromatic rings. The summed E-state index contributed by atoms with van der Waals surface area (Å²) < 4.78 is 10.6. The lowest BCUT2D eigenvalue weighted by molar-refractivity contribution is 0.171. The van der Waals surface area contributed by atoms with E-state index < -0.39 is 6.10 Å². The van der Waals surface area contributed by atoms with Crippen LogP contribution < -0.4 is 14.8 Å². The van der Waals surface area contributed by atoms with Gasteiger partial charge < -0.3 is 19.9 Å².